The summed E-state index contributed by atoms with van der Waals surface area (Å²) in [6, 6.07) is 11.5. The molecule has 2 N–H and O–H groups in total. The van der Waals surface area contributed by atoms with E-state index in [1.807, 2.05) is 36.4 Å². The summed E-state index contributed by atoms with van der Waals surface area (Å²) in [6.07, 6.45) is 0.771. The lowest BCUT2D eigenvalue weighted by molar-refractivity contribution is 0.390. The highest BCUT2D eigenvalue weighted by Crippen LogP contribution is 2.25. The van der Waals surface area contributed by atoms with Crippen LogP contribution < -0.4 is 29.6 Å². The molecule has 0 atom stereocenters. The fraction of sp³-hybridized carbons (Fsp3) is 0.381. The molecule has 0 bridgehead atoms. The van der Waals surface area contributed by atoms with Crippen molar-refractivity contribution >= 4 is 5.96 Å². The predicted octanol–water partition coefficient (Wildman–Crippen LogP) is 2.63. The number of rotatable bonds is 9. The summed E-state index contributed by atoms with van der Waals surface area (Å²) in [5.74, 6) is 3.89. The Morgan fingerprint density at radius 1 is 0.786 bits per heavy atom. The Labute approximate surface area is 166 Å². The van der Waals surface area contributed by atoms with Crippen LogP contribution in [-0.2, 0) is 13.0 Å². The van der Waals surface area contributed by atoms with Crippen molar-refractivity contribution < 1.29 is 18.9 Å². The SMILES string of the molecule is CN=C(NCCc1cc(OC)ccc1OC)NCc1ccc(OC)cc1OC. The van der Waals surface area contributed by atoms with Gasteiger partial charge in [-0.05, 0) is 42.3 Å². The van der Waals surface area contributed by atoms with Crippen LogP contribution in [0.1, 0.15) is 11.1 Å². The van der Waals surface area contributed by atoms with Crippen molar-refractivity contribution in [2.75, 3.05) is 42.0 Å². The number of nitrogens with zero attached hydrogens (tertiary/aromatic N) is 1. The summed E-state index contributed by atoms with van der Waals surface area (Å²) in [5, 5.41) is 6.61. The fourth-order valence-corrected chi connectivity index (χ4v) is 2.79. The van der Waals surface area contributed by atoms with E-state index in [4.69, 9.17) is 18.9 Å². The highest BCUT2D eigenvalue weighted by Gasteiger charge is 2.08. The normalized spacial score (nSPS) is 11.0. The number of hydrogen-bond donors (Lipinski definition) is 2. The molecule has 2 aromatic rings. The lowest BCUT2D eigenvalue weighted by atomic mass is 10.1. The summed E-state index contributed by atoms with van der Waals surface area (Å²) in [6.45, 7) is 1.28. The standard InChI is InChI=1S/C21H29N3O4/c1-22-21(24-14-16-6-7-18(26-3)13-20(16)28-5)23-11-10-15-12-17(25-2)8-9-19(15)27-4/h6-9,12-13H,10-11,14H2,1-5H3,(H2,22,23,24). The third kappa shape index (κ3) is 5.70. The van der Waals surface area contributed by atoms with Gasteiger partial charge in [-0.15, -0.1) is 0 Å². The molecular weight excluding hydrogens is 358 g/mol. The molecule has 0 spiro atoms. The van der Waals surface area contributed by atoms with Gasteiger partial charge in [-0.2, -0.15) is 0 Å². The van der Waals surface area contributed by atoms with E-state index < -0.39 is 0 Å². The molecule has 0 unspecified atom stereocenters. The van der Waals surface area contributed by atoms with Crippen LogP contribution >= 0.6 is 0 Å². The van der Waals surface area contributed by atoms with Crippen molar-refractivity contribution in [3.63, 3.8) is 0 Å². The minimum Gasteiger partial charge on any atom is -0.497 e. The van der Waals surface area contributed by atoms with E-state index in [0.717, 1.165) is 40.5 Å². The molecule has 0 aromatic heterocycles. The number of hydrogen-bond acceptors (Lipinski definition) is 5. The number of nitrogens with one attached hydrogen (secondary N) is 2. The molecule has 0 aliphatic rings. The fourth-order valence-electron chi connectivity index (χ4n) is 2.79. The Hall–Kier alpha value is -3.09. The second-order valence-electron chi connectivity index (χ2n) is 5.96. The van der Waals surface area contributed by atoms with Crippen molar-refractivity contribution in [2.45, 2.75) is 13.0 Å². The first-order valence-corrected chi connectivity index (χ1v) is 9.01. The van der Waals surface area contributed by atoms with Crippen molar-refractivity contribution in [1.29, 1.82) is 0 Å². The third-order valence-electron chi connectivity index (χ3n) is 4.34. The van der Waals surface area contributed by atoms with Crippen molar-refractivity contribution in [2.24, 2.45) is 4.99 Å². The van der Waals surface area contributed by atoms with Crippen molar-refractivity contribution in [3.05, 3.63) is 47.5 Å². The minimum absolute atomic E-state index is 0.579. The van der Waals surface area contributed by atoms with E-state index in [1.165, 1.54) is 0 Å². The summed E-state index contributed by atoms with van der Waals surface area (Å²) in [7, 11) is 8.35. The molecule has 7 nitrogen and oxygen atoms in total. The smallest absolute Gasteiger partial charge is 0.191 e. The van der Waals surface area contributed by atoms with E-state index >= 15 is 0 Å². The van der Waals surface area contributed by atoms with Gasteiger partial charge in [-0.1, -0.05) is 0 Å². The lowest BCUT2D eigenvalue weighted by Gasteiger charge is -2.15. The van der Waals surface area contributed by atoms with E-state index in [2.05, 4.69) is 15.6 Å². The molecule has 2 aromatic carbocycles. The van der Waals surface area contributed by atoms with Gasteiger partial charge in [0, 0.05) is 31.8 Å². The molecule has 0 saturated carbocycles. The van der Waals surface area contributed by atoms with E-state index in [9.17, 15) is 0 Å². The molecule has 0 aliphatic carbocycles. The second-order valence-corrected chi connectivity index (χ2v) is 5.96. The maximum absolute atomic E-state index is 5.43. The molecule has 0 saturated heterocycles. The molecule has 28 heavy (non-hydrogen) atoms. The highest BCUT2D eigenvalue weighted by atomic mass is 16.5. The number of benzene rings is 2. The molecule has 7 heteroatoms. The summed E-state index contributed by atoms with van der Waals surface area (Å²) in [4.78, 5) is 4.27. The van der Waals surface area contributed by atoms with Crippen LogP contribution in [0.25, 0.3) is 0 Å². The topological polar surface area (TPSA) is 73.3 Å². The van der Waals surface area contributed by atoms with Gasteiger partial charge in [-0.25, -0.2) is 0 Å². The number of methoxy groups -OCH3 is 4. The Morgan fingerprint density at radius 2 is 1.46 bits per heavy atom. The van der Waals surface area contributed by atoms with Crippen molar-refractivity contribution in [3.8, 4) is 23.0 Å². The highest BCUT2D eigenvalue weighted by molar-refractivity contribution is 5.79. The van der Waals surface area contributed by atoms with Crippen LogP contribution in [0.4, 0.5) is 0 Å². The summed E-state index contributed by atoms with van der Waals surface area (Å²) in [5.41, 5.74) is 2.09. The zero-order chi connectivity index (χ0) is 20.4. The van der Waals surface area contributed by atoms with E-state index in [0.29, 0.717) is 19.0 Å². The number of aliphatic imine (C=N–C) groups is 1. The molecule has 0 amide bonds. The summed E-state index contributed by atoms with van der Waals surface area (Å²) < 4.78 is 21.4. The van der Waals surface area contributed by atoms with Gasteiger partial charge in [0.2, 0.25) is 0 Å². The Morgan fingerprint density at radius 3 is 2.11 bits per heavy atom. The molecule has 0 radical (unpaired) electrons. The molecule has 0 aliphatic heterocycles. The van der Waals surface area contributed by atoms with Crippen LogP contribution in [0, 0.1) is 0 Å². The monoisotopic (exact) mass is 387 g/mol. The van der Waals surface area contributed by atoms with Gasteiger partial charge in [0.25, 0.3) is 0 Å². The molecule has 2 rings (SSSR count). The second kappa shape index (κ2) is 10.9. The zero-order valence-electron chi connectivity index (χ0n) is 17.2. The predicted molar refractivity (Wildman–Crippen MR) is 111 cm³/mol. The van der Waals surface area contributed by atoms with Crippen LogP contribution in [0.15, 0.2) is 41.4 Å². The van der Waals surface area contributed by atoms with Gasteiger partial charge in [0.05, 0.1) is 28.4 Å². The zero-order valence-corrected chi connectivity index (χ0v) is 17.2. The van der Waals surface area contributed by atoms with E-state index in [1.54, 1.807) is 35.5 Å². The Balaban J connectivity index is 1.92. The van der Waals surface area contributed by atoms with Crippen molar-refractivity contribution in [1.82, 2.24) is 10.6 Å². The largest absolute Gasteiger partial charge is 0.497 e. The number of ether oxygens (including phenoxy) is 4. The van der Waals surface area contributed by atoms with Gasteiger partial charge >= 0.3 is 0 Å². The quantitative estimate of drug-likeness (QED) is 0.509. The van der Waals surface area contributed by atoms with Crippen LogP contribution in [0.2, 0.25) is 0 Å². The number of guanidine groups is 1. The minimum atomic E-state index is 0.579. The average molecular weight is 387 g/mol. The van der Waals surface area contributed by atoms with E-state index in [-0.39, 0.29) is 0 Å². The van der Waals surface area contributed by atoms with Crippen LogP contribution in [-0.4, -0.2) is 48.0 Å². The first-order chi connectivity index (χ1) is 13.6. The lowest BCUT2D eigenvalue weighted by Crippen LogP contribution is -2.37. The molecular formula is C21H29N3O4. The maximum Gasteiger partial charge on any atom is 0.191 e. The first kappa shape index (κ1) is 21.2. The Kier molecular flexibility index (Phi) is 8.27. The van der Waals surface area contributed by atoms with Gasteiger partial charge < -0.3 is 29.6 Å². The third-order valence-corrected chi connectivity index (χ3v) is 4.34. The first-order valence-electron chi connectivity index (χ1n) is 9.01. The Bertz CT molecular complexity index is 793. The van der Waals surface area contributed by atoms with Gasteiger partial charge in [0.1, 0.15) is 23.0 Å². The van der Waals surface area contributed by atoms with Crippen LogP contribution in [0.3, 0.4) is 0 Å². The van der Waals surface area contributed by atoms with Gasteiger partial charge in [0.15, 0.2) is 5.96 Å². The average Bonchev–Trinajstić information content (AvgIpc) is 2.75. The molecule has 152 valence electrons. The summed E-state index contributed by atoms with van der Waals surface area (Å²) >= 11 is 0. The van der Waals surface area contributed by atoms with Gasteiger partial charge in [-0.3, -0.25) is 4.99 Å². The maximum atomic E-state index is 5.43. The van der Waals surface area contributed by atoms with Crippen LogP contribution in [0.5, 0.6) is 23.0 Å². The molecule has 0 fully saturated rings. The molecule has 0 heterocycles.